The monoisotopic (exact) mass is 125 g/mol. The van der Waals surface area contributed by atoms with E-state index in [9.17, 15) is 0 Å². The van der Waals surface area contributed by atoms with Crippen LogP contribution < -0.4 is 0 Å². The molecule has 0 aromatic carbocycles. The normalized spacial score (nSPS) is 11.8. The van der Waals surface area contributed by atoms with Crippen LogP contribution in [0.25, 0.3) is 0 Å². The second-order valence-corrected chi connectivity index (χ2v) is 5.08. The first kappa shape index (κ1) is 5.88. The molecule has 0 heterocycles. The molecule has 0 radical (unpaired) electrons. The van der Waals surface area contributed by atoms with Gasteiger partial charge in [-0.05, 0) is 0 Å². The minimum absolute atomic E-state index is 0.0864. The van der Waals surface area contributed by atoms with Crippen LogP contribution in [0.4, 0.5) is 0 Å². The van der Waals surface area contributed by atoms with Crippen molar-refractivity contribution >= 4 is 25.5 Å². The van der Waals surface area contributed by atoms with Gasteiger partial charge in [0, 0.05) is 0 Å². The zero-order valence-electron chi connectivity index (χ0n) is 2.88. The first-order valence-corrected chi connectivity index (χ1v) is 4.76. The summed E-state index contributed by atoms with van der Waals surface area (Å²) in [7, 11) is 8.03. The number of nitrogens with zero attached hydrogens (tertiary/aromatic N) is 1. The van der Waals surface area contributed by atoms with E-state index < -0.39 is 0 Å². The van der Waals surface area contributed by atoms with Gasteiger partial charge in [-0.2, -0.15) is 0 Å². The predicted octanol–water partition coefficient (Wildman–Crippen LogP) is 1.53. The Bertz CT molecular complexity index is 120. The van der Waals surface area contributed by atoms with Crippen LogP contribution in [-0.2, 0) is 9.29 Å². The number of hydrogen-bond donors (Lipinski definition) is 0. The molecule has 30 valence electrons. The molecule has 0 N–H and O–H groups in total. The molecule has 1 nitrogen and oxygen atoms in total. The molecular formula is CH5NP2S. The van der Waals surface area contributed by atoms with E-state index in [2.05, 4.69) is 20.6 Å². The molecule has 0 aliphatic rings. The van der Waals surface area contributed by atoms with Crippen LogP contribution in [0.1, 0.15) is 0 Å². The van der Waals surface area contributed by atoms with Gasteiger partial charge >= 0.3 is 37.0 Å². The summed E-state index contributed by atoms with van der Waals surface area (Å²) < 4.78 is 3.74. The average Bonchev–Trinajstić information content (AvgIpc) is 1.38. The zero-order chi connectivity index (χ0) is 4.28. The van der Waals surface area contributed by atoms with Gasteiger partial charge in [-0.15, -0.1) is 0 Å². The molecular weight excluding hydrogens is 120 g/mol. The predicted molar refractivity (Wildman–Crippen MR) is 32.3 cm³/mol. The van der Waals surface area contributed by atoms with Gasteiger partial charge in [-0.3, -0.25) is 0 Å². The summed E-state index contributed by atoms with van der Waals surface area (Å²) in [5, 5.41) is 0. The van der Waals surface area contributed by atoms with Crippen molar-refractivity contribution in [1.82, 2.24) is 0 Å². The molecule has 0 spiro atoms. The minimum atomic E-state index is -0.0864. The molecule has 1 unspecified atom stereocenters. The van der Waals surface area contributed by atoms with Crippen molar-refractivity contribution in [2.75, 3.05) is 7.05 Å². The molecule has 1 atom stereocenters. The second kappa shape index (κ2) is 3.08. The Morgan fingerprint density at radius 3 is 2.20 bits per heavy atom. The van der Waals surface area contributed by atoms with Gasteiger partial charge in [0.25, 0.3) is 0 Å². The first-order chi connectivity index (χ1) is 2.27. The molecule has 0 aromatic rings. The molecule has 0 aromatic heterocycles. The SMILES string of the molecule is CN=S(#P)P. The van der Waals surface area contributed by atoms with Crippen LogP contribution in [-0.4, -0.2) is 7.05 Å². The molecule has 0 fully saturated rings. The summed E-state index contributed by atoms with van der Waals surface area (Å²) in [4.78, 5) is 0. The molecule has 5 heavy (non-hydrogen) atoms. The summed E-state index contributed by atoms with van der Waals surface area (Å²) in [6, 6.07) is 0. The molecule has 0 rings (SSSR count). The summed E-state index contributed by atoms with van der Waals surface area (Å²) in [5.74, 6) is 0. The molecule has 0 saturated carbocycles. The van der Waals surface area contributed by atoms with E-state index >= 15 is 0 Å². The van der Waals surface area contributed by atoms with Crippen molar-refractivity contribution < 1.29 is 0 Å². The fourth-order valence-corrected chi connectivity index (χ4v) is 0. The molecule has 0 amide bonds. The fraction of sp³-hybridized carbons (Fsp3) is 1.00. The maximum atomic E-state index is 3.92. The van der Waals surface area contributed by atoms with Crippen LogP contribution in [0.3, 0.4) is 0 Å². The number of rotatable bonds is 0. The van der Waals surface area contributed by atoms with Gasteiger partial charge in [0.15, 0.2) is 0 Å². The maximum absolute atomic E-state index is 3.92. The van der Waals surface area contributed by atoms with Gasteiger partial charge in [0.1, 0.15) is 0 Å². The average molecular weight is 125 g/mol. The van der Waals surface area contributed by atoms with E-state index in [4.69, 9.17) is 0 Å². The Hall–Kier alpha value is 0.880. The van der Waals surface area contributed by atoms with E-state index in [-0.39, 0.29) is 9.29 Å². The Labute approximate surface area is 37.7 Å². The van der Waals surface area contributed by atoms with Crippen LogP contribution in [0, 0.1) is 0 Å². The fourth-order valence-electron chi connectivity index (χ4n) is 0. The zero-order valence-corrected chi connectivity index (χ0v) is 5.75. The molecule has 0 aliphatic carbocycles. The molecule has 4 heteroatoms. The van der Waals surface area contributed by atoms with Crippen LogP contribution in [0.2, 0.25) is 0 Å². The Morgan fingerprint density at radius 2 is 2.20 bits per heavy atom. The van der Waals surface area contributed by atoms with Crippen molar-refractivity contribution in [1.29, 1.82) is 0 Å². The van der Waals surface area contributed by atoms with E-state index in [0.717, 1.165) is 0 Å². The van der Waals surface area contributed by atoms with Crippen molar-refractivity contribution in [2.24, 2.45) is 4.36 Å². The molecule has 0 saturated heterocycles. The van der Waals surface area contributed by atoms with Crippen LogP contribution in [0.5, 0.6) is 0 Å². The Kier molecular flexibility index (Phi) is 3.63. The Morgan fingerprint density at radius 1 is 2.00 bits per heavy atom. The van der Waals surface area contributed by atoms with Gasteiger partial charge in [0.05, 0.1) is 0 Å². The topological polar surface area (TPSA) is 12.4 Å². The summed E-state index contributed by atoms with van der Waals surface area (Å²) >= 11 is 0. The molecule has 0 aliphatic heterocycles. The third-order valence-electron chi connectivity index (χ3n) is 0.187. The third-order valence-corrected chi connectivity index (χ3v) is 1.68. The third kappa shape index (κ3) is 4.88. The van der Waals surface area contributed by atoms with Gasteiger partial charge in [-0.25, -0.2) is 0 Å². The quantitative estimate of drug-likeness (QED) is 0.435. The van der Waals surface area contributed by atoms with E-state index in [0.29, 0.717) is 0 Å². The van der Waals surface area contributed by atoms with Crippen molar-refractivity contribution in [3.8, 4) is 0 Å². The van der Waals surface area contributed by atoms with Crippen molar-refractivity contribution in [3.05, 3.63) is 0 Å². The summed E-state index contributed by atoms with van der Waals surface area (Å²) in [5.41, 5.74) is 0. The van der Waals surface area contributed by atoms with E-state index in [1.807, 2.05) is 0 Å². The summed E-state index contributed by atoms with van der Waals surface area (Å²) in [6.07, 6.45) is 0. The Balaban J connectivity index is 3.82. The van der Waals surface area contributed by atoms with Crippen LogP contribution >= 0.6 is 16.3 Å². The first-order valence-electron chi connectivity index (χ1n) is 1.05. The van der Waals surface area contributed by atoms with E-state index in [1.54, 1.807) is 7.05 Å². The van der Waals surface area contributed by atoms with E-state index in [1.165, 1.54) is 0 Å². The molecule has 0 bridgehead atoms. The van der Waals surface area contributed by atoms with Gasteiger partial charge in [-0.1, -0.05) is 0 Å². The van der Waals surface area contributed by atoms with Gasteiger partial charge < -0.3 is 0 Å². The summed E-state index contributed by atoms with van der Waals surface area (Å²) in [6.45, 7) is 0. The van der Waals surface area contributed by atoms with Gasteiger partial charge in [0.2, 0.25) is 0 Å². The number of hydrogen-bond acceptors (Lipinski definition) is 1. The van der Waals surface area contributed by atoms with Crippen molar-refractivity contribution in [2.45, 2.75) is 0 Å². The van der Waals surface area contributed by atoms with Crippen LogP contribution in [0.15, 0.2) is 4.36 Å². The standard InChI is InChI=1S/CH5NP2S/c1-2-5(3)4/h3H2,1H3. The van der Waals surface area contributed by atoms with Crippen molar-refractivity contribution in [3.63, 3.8) is 0 Å². The second-order valence-electron chi connectivity index (χ2n) is 0.475.